The van der Waals surface area contributed by atoms with Gasteiger partial charge in [-0.3, -0.25) is 0 Å². The molecule has 0 saturated carbocycles. The number of hydrogen-bond acceptors (Lipinski definition) is 7. The van der Waals surface area contributed by atoms with E-state index < -0.39 is 0 Å². The molecule has 1 aromatic rings. The topological polar surface area (TPSA) is 85.5 Å². The minimum absolute atomic E-state index is 0.623. The van der Waals surface area contributed by atoms with Crippen LogP contribution in [-0.4, -0.2) is 50.5 Å². The summed E-state index contributed by atoms with van der Waals surface area (Å²) in [5, 5.41) is 0. The van der Waals surface area contributed by atoms with E-state index in [9.17, 15) is 0 Å². The number of aryl methyl sites for hydroxylation is 1. The van der Waals surface area contributed by atoms with Gasteiger partial charge in [-0.1, -0.05) is 6.92 Å². The number of hydrogen-bond donors (Lipinski definition) is 2. The second-order valence-corrected chi connectivity index (χ2v) is 4.39. The Labute approximate surface area is 120 Å². The molecule has 7 nitrogen and oxygen atoms in total. The maximum absolute atomic E-state index is 5.48. The summed E-state index contributed by atoms with van der Waals surface area (Å²) >= 11 is 0. The van der Waals surface area contributed by atoms with Crippen molar-refractivity contribution in [3.63, 3.8) is 0 Å². The quantitative estimate of drug-likeness (QED) is 0.485. The van der Waals surface area contributed by atoms with Gasteiger partial charge in [-0.05, 0) is 6.42 Å². The van der Waals surface area contributed by atoms with Crippen LogP contribution in [0.3, 0.4) is 0 Å². The van der Waals surface area contributed by atoms with E-state index in [2.05, 4.69) is 27.2 Å². The molecule has 1 aromatic heterocycles. The summed E-state index contributed by atoms with van der Waals surface area (Å²) in [6, 6.07) is 1.84. The monoisotopic (exact) mass is 283 g/mol. The van der Waals surface area contributed by atoms with E-state index in [0.29, 0.717) is 19.0 Å². The van der Waals surface area contributed by atoms with Crippen molar-refractivity contribution in [1.82, 2.24) is 9.97 Å². The van der Waals surface area contributed by atoms with Crippen molar-refractivity contribution in [2.45, 2.75) is 19.8 Å². The van der Waals surface area contributed by atoms with Crippen LogP contribution in [0.1, 0.15) is 19.2 Å². The highest BCUT2D eigenvalue weighted by molar-refractivity contribution is 5.49. The van der Waals surface area contributed by atoms with E-state index in [0.717, 1.165) is 37.6 Å². The third-order valence-corrected chi connectivity index (χ3v) is 2.84. The molecule has 114 valence electrons. The van der Waals surface area contributed by atoms with Crippen LogP contribution in [0.5, 0.6) is 0 Å². The van der Waals surface area contributed by atoms with Crippen molar-refractivity contribution in [2.24, 2.45) is 5.84 Å². The van der Waals surface area contributed by atoms with Gasteiger partial charge in [0.2, 0.25) is 0 Å². The van der Waals surface area contributed by atoms with E-state index in [1.165, 1.54) is 0 Å². The molecule has 0 aliphatic heterocycles. The summed E-state index contributed by atoms with van der Waals surface area (Å²) in [6.45, 7) is 4.84. The summed E-state index contributed by atoms with van der Waals surface area (Å²) in [5.41, 5.74) is 2.59. The average molecular weight is 283 g/mol. The summed E-state index contributed by atoms with van der Waals surface area (Å²) in [4.78, 5) is 11.0. The van der Waals surface area contributed by atoms with Gasteiger partial charge < -0.3 is 19.8 Å². The van der Waals surface area contributed by atoms with Crippen LogP contribution in [0, 0.1) is 0 Å². The zero-order valence-corrected chi connectivity index (χ0v) is 12.6. The lowest BCUT2D eigenvalue weighted by molar-refractivity contribution is 0.190. The number of aromatic nitrogens is 2. The average Bonchev–Trinajstić information content (AvgIpc) is 2.47. The van der Waals surface area contributed by atoms with Crippen LogP contribution >= 0.6 is 0 Å². The molecule has 1 heterocycles. The molecule has 20 heavy (non-hydrogen) atoms. The first kappa shape index (κ1) is 16.6. The fourth-order valence-corrected chi connectivity index (χ4v) is 1.80. The lowest BCUT2D eigenvalue weighted by Gasteiger charge is -2.23. The van der Waals surface area contributed by atoms with Gasteiger partial charge >= 0.3 is 0 Å². The Kier molecular flexibility index (Phi) is 7.86. The number of nitrogens with two attached hydrogens (primary N) is 1. The minimum Gasteiger partial charge on any atom is -0.383 e. The Morgan fingerprint density at radius 2 is 1.85 bits per heavy atom. The van der Waals surface area contributed by atoms with Crippen molar-refractivity contribution in [1.29, 1.82) is 0 Å². The van der Waals surface area contributed by atoms with Gasteiger partial charge in [-0.15, -0.1) is 0 Å². The van der Waals surface area contributed by atoms with Crippen molar-refractivity contribution < 1.29 is 9.47 Å². The Morgan fingerprint density at radius 1 is 1.20 bits per heavy atom. The maximum atomic E-state index is 5.48. The molecule has 0 saturated heterocycles. The molecule has 0 fully saturated rings. The Hall–Kier alpha value is -1.44. The van der Waals surface area contributed by atoms with Gasteiger partial charge in [0.15, 0.2) is 0 Å². The number of rotatable bonds is 10. The predicted octanol–water partition coefficient (Wildman–Crippen LogP) is 0.814. The molecule has 1 rings (SSSR count). The van der Waals surface area contributed by atoms with Gasteiger partial charge in [-0.2, -0.15) is 0 Å². The van der Waals surface area contributed by atoms with Gasteiger partial charge in [0.25, 0.3) is 0 Å². The molecule has 0 unspecified atom stereocenters. The highest BCUT2D eigenvalue weighted by Crippen LogP contribution is 2.16. The molecule has 0 aromatic carbocycles. The van der Waals surface area contributed by atoms with Crippen molar-refractivity contribution in [3.8, 4) is 0 Å². The Bertz CT molecular complexity index is 381. The van der Waals surface area contributed by atoms with Crippen molar-refractivity contribution in [3.05, 3.63) is 11.9 Å². The molecule has 0 amide bonds. The lowest BCUT2D eigenvalue weighted by atomic mass is 10.3. The number of methoxy groups -OCH3 is 2. The second kappa shape index (κ2) is 9.46. The number of hydrazine groups is 1. The van der Waals surface area contributed by atoms with Crippen LogP contribution in [0.25, 0.3) is 0 Å². The molecule has 0 bridgehead atoms. The lowest BCUT2D eigenvalue weighted by Crippen LogP contribution is -2.32. The van der Waals surface area contributed by atoms with Gasteiger partial charge in [0, 0.05) is 39.8 Å². The smallest absolute Gasteiger partial charge is 0.145 e. The number of nitrogens with zero attached hydrogens (tertiary/aromatic N) is 3. The summed E-state index contributed by atoms with van der Waals surface area (Å²) < 4.78 is 10.3. The first-order valence-corrected chi connectivity index (χ1v) is 6.82. The van der Waals surface area contributed by atoms with Gasteiger partial charge in [0.1, 0.15) is 17.5 Å². The van der Waals surface area contributed by atoms with E-state index >= 15 is 0 Å². The SMILES string of the molecule is CCCc1nc(NN)cc(N(CCOC)CCOC)n1. The molecule has 7 heteroatoms. The number of anilines is 2. The second-order valence-electron chi connectivity index (χ2n) is 4.39. The molecular formula is C13H25N5O2. The molecule has 0 atom stereocenters. The Morgan fingerprint density at radius 3 is 2.35 bits per heavy atom. The van der Waals surface area contributed by atoms with Gasteiger partial charge in [-0.25, -0.2) is 15.8 Å². The van der Waals surface area contributed by atoms with Crippen molar-refractivity contribution in [2.75, 3.05) is 50.8 Å². The van der Waals surface area contributed by atoms with Crippen molar-refractivity contribution >= 4 is 11.6 Å². The highest BCUT2D eigenvalue weighted by atomic mass is 16.5. The predicted molar refractivity (Wildman–Crippen MR) is 79.8 cm³/mol. The Balaban J connectivity index is 2.93. The molecule has 0 spiro atoms. The first-order chi connectivity index (χ1) is 9.74. The van der Waals surface area contributed by atoms with E-state index in [-0.39, 0.29) is 0 Å². The molecule has 3 N–H and O–H groups in total. The largest absolute Gasteiger partial charge is 0.383 e. The molecule has 0 aliphatic rings. The van der Waals surface area contributed by atoms with Gasteiger partial charge in [0.05, 0.1) is 13.2 Å². The van der Waals surface area contributed by atoms with Crippen LogP contribution in [0.15, 0.2) is 6.07 Å². The zero-order chi connectivity index (χ0) is 14.8. The summed E-state index contributed by atoms with van der Waals surface area (Å²) in [7, 11) is 3.37. The minimum atomic E-state index is 0.623. The standard InChI is InChI=1S/C13H25N5O2/c1-4-5-11-15-12(17-14)10-13(16-11)18(6-8-19-2)7-9-20-3/h10H,4-9,14H2,1-3H3,(H,15,16,17). The fourth-order valence-electron chi connectivity index (χ4n) is 1.80. The third-order valence-electron chi connectivity index (χ3n) is 2.84. The maximum Gasteiger partial charge on any atom is 0.145 e. The molecule has 0 radical (unpaired) electrons. The highest BCUT2D eigenvalue weighted by Gasteiger charge is 2.11. The number of ether oxygens (including phenoxy) is 2. The van der Waals surface area contributed by atoms with E-state index in [1.807, 2.05) is 6.07 Å². The van der Waals surface area contributed by atoms with Crippen LogP contribution < -0.4 is 16.2 Å². The molecular weight excluding hydrogens is 258 g/mol. The van der Waals surface area contributed by atoms with E-state index in [1.54, 1.807) is 14.2 Å². The fraction of sp³-hybridized carbons (Fsp3) is 0.692. The number of nitrogens with one attached hydrogen (secondary N) is 1. The third kappa shape index (κ3) is 5.28. The molecule has 0 aliphatic carbocycles. The zero-order valence-electron chi connectivity index (χ0n) is 12.6. The summed E-state index contributed by atoms with van der Waals surface area (Å²) in [6.07, 6.45) is 1.81. The summed E-state index contributed by atoms with van der Waals surface area (Å²) in [5.74, 6) is 7.73. The van der Waals surface area contributed by atoms with Crippen LogP contribution in [0.4, 0.5) is 11.6 Å². The van der Waals surface area contributed by atoms with Crippen LogP contribution in [-0.2, 0) is 15.9 Å². The number of nitrogen functional groups attached to an aromatic ring is 1. The van der Waals surface area contributed by atoms with E-state index in [4.69, 9.17) is 15.3 Å². The first-order valence-electron chi connectivity index (χ1n) is 6.82. The van der Waals surface area contributed by atoms with Crippen LogP contribution in [0.2, 0.25) is 0 Å². The normalized spacial score (nSPS) is 10.6.